The molecule has 0 unspecified atom stereocenters. The first-order valence-electron chi connectivity index (χ1n) is 14.6. The van der Waals surface area contributed by atoms with Gasteiger partial charge in [0.1, 0.15) is 5.56 Å². The van der Waals surface area contributed by atoms with E-state index in [2.05, 4.69) is 0 Å². The SMILES string of the molecule is CC(C)(C)c1ccc(S(OC(=O)c2c(F)c(F)c(F)c(F)c2F)(c2ccc(C(C)(C)C)cc2)c2ccc(C(C)(C)C)cc2)cc1. The second kappa shape index (κ2) is 11.9. The van der Waals surface area contributed by atoms with Crippen LogP contribution in [-0.4, -0.2) is 5.97 Å². The lowest BCUT2D eigenvalue weighted by Gasteiger charge is -2.40. The molecule has 4 aromatic carbocycles. The summed E-state index contributed by atoms with van der Waals surface area (Å²) in [5, 5.41) is 0. The molecule has 0 aliphatic carbocycles. The third-order valence-corrected chi connectivity index (χ3v) is 11.0. The molecule has 4 aromatic rings. The molecular weight excluding hydrogens is 603 g/mol. The Bertz CT molecular complexity index is 1540. The molecule has 0 amide bonds. The molecule has 0 N–H and O–H groups in total. The molecule has 0 fully saturated rings. The molecular formula is C37H39F5O2S. The van der Waals surface area contributed by atoms with Crippen LogP contribution >= 0.6 is 10.3 Å². The van der Waals surface area contributed by atoms with Gasteiger partial charge in [0, 0.05) is 14.7 Å². The standard InChI is InChI=1S/C37H39F5O2S/c1-35(2,3)22-10-16-25(17-11-22)45(26-18-12-23(13-19-26)36(4,5)6,27-20-14-24(15-21-27)37(7,8)9)44-34(43)28-29(38)31(40)33(42)32(41)30(28)39/h10-21H,1-9H3. The summed E-state index contributed by atoms with van der Waals surface area (Å²) in [5.41, 5.74) is 0.653. The minimum atomic E-state index is -3.16. The van der Waals surface area contributed by atoms with E-state index in [0.717, 1.165) is 16.7 Å². The minimum absolute atomic E-state index is 0.217. The van der Waals surface area contributed by atoms with E-state index in [1.807, 2.05) is 98.7 Å². The Balaban J connectivity index is 2.08. The van der Waals surface area contributed by atoms with E-state index in [1.54, 1.807) is 36.4 Å². The van der Waals surface area contributed by atoms with E-state index in [1.165, 1.54) is 0 Å². The number of hydrogen-bond acceptors (Lipinski definition) is 2. The topological polar surface area (TPSA) is 26.3 Å². The number of benzene rings is 4. The molecule has 4 rings (SSSR count). The van der Waals surface area contributed by atoms with Gasteiger partial charge in [-0.2, -0.15) is 0 Å². The highest BCUT2D eigenvalue weighted by Gasteiger charge is 2.40. The third kappa shape index (κ3) is 6.53. The fourth-order valence-electron chi connectivity index (χ4n) is 4.93. The maximum Gasteiger partial charge on any atom is 0.355 e. The predicted molar refractivity (Wildman–Crippen MR) is 169 cm³/mol. The molecule has 2 nitrogen and oxygen atoms in total. The van der Waals surface area contributed by atoms with Crippen LogP contribution in [0, 0.1) is 29.1 Å². The van der Waals surface area contributed by atoms with Gasteiger partial charge < -0.3 is 4.18 Å². The molecule has 0 aliphatic rings. The van der Waals surface area contributed by atoms with E-state index in [0.29, 0.717) is 14.7 Å². The second-order valence-electron chi connectivity index (χ2n) is 14.2. The summed E-state index contributed by atoms with van der Waals surface area (Å²) < 4.78 is 78.6. The van der Waals surface area contributed by atoms with Crippen molar-refractivity contribution in [3.8, 4) is 0 Å². The molecule has 0 heterocycles. The summed E-state index contributed by atoms with van der Waals surface area (Å²) >= 11 is 0. The molecule has 0 aromatic heterocycles. The normalized spacial score (nSPS) is 13.1. The van der Waals surface area contributed by atoms with Gasteiger partial charge in [0.15, 0.2) is 23.3 Å². The first kappa shape index (κ1) is 34.2. The fourth-order valence-corrected chi connectivity index (χ4v) is 7.91. The quantitative estimate of drug-likeness (QED) is 0.123. The Morgan fingerprint density at radius 2 is 0.711 bits per heavy atom. The van der Waals surface area contributed by atoms with Gasteiger partial charge in [-0.1, -0.05) is 98.7 Å². The first-order chi connectivity index (χ1) is 20.7. The van der Waals surface area contributed by atoms with E-state index in [4.69, 9.17) is 4.18 Å². The van der Waals surface area contributed by atoms with Crippen molar-refractivity contribution >= 4 is 16.3 Å². The van der Waals surface area contributed by atoms with Crippen LogP contribution in [0.4, 0.5) is 22.0 Å². The Morgan fingerprint density at radius 1 is 0.467 bits per heavy atom. The predicted octanol–water partition coefficient (Wildman–Crippen LogP) is 11.3. The van der Waals surface area contributed by atoms with E-state index in [-0.39, 0.29) is 16.2 Å². The average Bonchev–Trinajstić information content (AvgIpc) is 2.97. The number of carbonyl (C=O) groups excluding carboxylic acids is 1. The van der Waals surface area contributed by atoms with E-state index < -0.39 is 50.9 Å². The zero-order valence-electron chi connectivity index (χ0n) is 27.0. The number of hydrogen-bond donors (Lipinski definition) is 0. The van der Waals surface area contributed by atoms with E-state index >= 15 is 0 Å². The maximum atomic E-state index is 15.0. The number of halogens is 5. The summed E-state index contributed by atoms with van der Waals surface area (Å²) in [6.07, 6.45) is 0. The van der Waals surface area contributed by atoms with Crippen molar-refractivity contribution in [2.24, 2.45) is 0 Å². The van der Waals surface area contributed by atoms with Gasteiger partial charge in [0.05, 0.1) is 0 Å². The van der Waals surface area contributed by atoms with Crippen LogP contribution in [0.15, 0.2) is 87.5 Å². The van der Waals surface area contributed by atoms with E-state index in [9.17, 15) is 26.7 Å². The van der Waals surface area contributed by atoms with Crippen molar-refractivity contribution in [1.82, 2.24) is 0 Å². The Hall–Kier alpha value is -3.65. The fraction of sp³-hybridized carbons (Fsp3) is 0.324. The van der Waals surface area contributed by atoms with Gasteiger partial charge in [-0.3, -0.25) is 0 Å². The van der Waals surface area contributed by atoms with Crippen LogP contribution in [-0.2, 0) is 20.4 Å². The lowest BCUT2D eigenvalue weighted by atomic mass is 9.87. The van der Waals surface area contributed by atoms with Crippen molar-refractivity contribution in [2.45, 2.75) is 93.2 Å². The van der Waals surface area contributed by atoms with Crippen LogP contribution in [0.3, 0.4) is 0 Å². The molecule has 0 atom stereocenters. The van der Waals surface area contributed by atoms with Crippen molar-refractivity contribution in [1.29, 1.82) is 0 Å². The third-order valence-electron chi connectivity index (χ3n) is 7.77. The minimum Gasteiger partial charge on any atom is -0.398 e. The van der Waals surface area contributed by atoms with Crippen molar-refractivity contribution in [3.05, 3.63) is 124 Å². The summed E-state index contributed by atoms with van der Waals surface area (Å²) in [4.78, 5) is 15.3. The Kier molecular flexibility index (Phi) is 9.08. The molecule has 0 saturated carbocycles. The monoisotopic (exact) mass is 642 g/mol. The zero-order valence-corrected chi connectivity index (χ0v) is 27.9. The highest BCUT2D eigenvalue weighted by atomic mass is 32.3. The average molecular weight is 643 g/mol. The lowest BCUT2D eigenvalue weighted by molar-refractivity contribution is 0.0743. The Morgan fingerprint density at radius 3 is 0.956 bits per heavy atom. The molecule has 0 spiro atoms. The Labute approximate surface area is 264 Å². The first-order valence-corrected chi connectivity index (χ1v) is 16.2. The van der Waals surface area contributed by atoms with Crippen LogP contribution in [0.5, 0.6) is 0 Å². The van der Waals surface area contributed by atoms with Gasteiger partial charge in [-0.25, -0.2) is 26.7 Å². The van der Waals surface area contributed by atoms with Crippen molar-refractivity contribution < 1.29 is 30.9 Å². The summed E-state index contributed by atoms with van der Waals surface area (Å²) in [5.74, 6) is -13.0. The van der Waals surface area contributed by atoms with Crippen LogP contribution < -0.4 is 0 Å². The maximum absolute atomic E-state index is 15.0. The summed E-state index contributed by atoms with van der Waals surface area (Å²) in [7, 11) is -3.16. The summed E-state index contributed by atoms with van der Waals surface area (Å²) in [6, 6.07) is 22.0. The molecule has 8 heteroatoms. The van der Waals surface area contributed by atoms with Gasteiger partial charge in [-0.05, 0) is 79.6 Å². The smallest absolute Gasteiger partial charge is 0.355 e. The molecule has 240 valence electrons. The van der Waals surface area contributed by atoms with Crippen LogP contribution in [0.2, 0.25) is 0 Å². The molecule has 0 radical (unpaired) electrons. The van der Waals surface area contributed by atoms with Crippen molar-refractivity contribution in [2.75, 3.05) is 0 Å². The van der Waals surface area contributed by atoms with Gasteiger partial charge >= 0.3 is 5.97 Å². The van der Waals surface area contributed by atoms with Crippen molar-refractivity contribution in [3.63, 3.8) is 0 Å². The molecule has 45 heavy (non-hydrogen) atoms. The largest absolute Gasteiger partial charge is 0.398 e. The van der Waals surface area contributed by atoms with Gasteiger partial charge in [-0.15, -0.1) is 0 Å². The highest BCUT2D eigenvalue weighted by Crippen LogP contribution is 2.69. The van der Waals surface area contributed by atoms with Crippen LogP contribution in [0.25, 0.3) is 0 Å². The van der Waals surface area contributed by atoms with Crippen LogP contribution in [0.1, 0.15) is 89.4 Å². The molecule has 0 aliphatic heterocycles. The van der Waals surface area contributed by atoms with Gasteiger partial charge in [0.25, 0.3) is 0 Å². The zero-order chi connectivity index (χ0) is 33.7. The summed E-state index contributed by atoms with van der Waals surface area (Å²) in [6.45, 7) is 18.4. The molecule has 0 saturated heterocycles. The molecule has 0 bridgehead atoms. The second-order valence-corrected chi connectivity index (χ2v) is 16.9. The number of carbonyl (C=O) groups is 1. The lowest BCUT2D eigenvalue weighted by Crippen LogP contribution is -2.19. The number of rotatable bonds is 5. The van der Waals surface area contributed by atoms with Gasteiger partial charge in [0.2, 0.25) is 5.82 Å². The highest BCUT2D eigenvalue weighted by molar-refractivity contribution is 8.30.